The van der Waals surface area contributed by atoms with Crippen LogP contribution in [-0.2, 0) is 11.2 Å². The third kappa shape index (κ3) is 2.88. The summed E-state index contributed by atoms with van der Waals surface area (Å²) in [6.45, 7) is 4.30. The predicted molar refractivity (Wildman–Crippen MR) is 80.2 cm³/mol. The number of nitrogens with one attached hydrogen (secondary N) is 1. The molecule has 2 fully saturated rings. The average Bonchev–Trinajstić information content (AvgIpc) is 3.18. The van der Waals surface area contributed by atoms with E-state index in [0.29, 0.717) is 6.04 Å². The highest BCUT2D eigenvalue weighted by Crippen LogP contribution is 2.35. The molecular weight excluding hydrogens is 248 g/mol. The maximum Gasteiger partial charge on any atom is 0.241 e. The zero-order chi connectivity index (χ0) is 14.1. The van der Waals surface area contributed by atoms with Gasteiger partial charge in [0.05, 0.1) is 12.2 Å². The lowest BCUT2D eigenvalue weighted by atomic mass is 10.1. The second-order valence-corrected chi connectivity index (χ2v) is 6.36. The number of rotatable bonds is 5. The molecule has 1 heterocycles. The zero-order valence-electron chi connectivity index (χ0n) is 12.4. The van der Waals surface area contributed by atoms with Gasteiger partial charge < -0.3 is 4.90 Å². The van der Waals surface area contributed by atoms with Crippen LogP contribution in [0.5, 0.6) is 0 Å². The van der Waals surface area contributed by atoms with Gasteiger partial charge in [-0.05, 0) is 38.2 Å². The minimum absolute atomic E-state index is 0.0611. The molecule has 0 bridgehead atoms. The molecule has 0 radical (unpaired) electrons. The Hall–Kier alpha value is -1.35. The lowest BCUT2D eigenvalue weighted by Gasteiger charge is -2.28. The van der Waals surface area contributed by atoms with Gasteiger partial charge in [-0.1, -0.05) is 43.2 Å². The molecule has 1 amide bonds. The first-order valence-corrected chi connectivity index (χ1v) is 7.77. The van der Waals surface area contributed by atoms with Crippen LogP contribution in [0.1, 0.15) is 38.7 Å². The first-order valence-electron chi connectivity index (χ1n) is 7.77. The molecule has 1 saturated heterocycles. The molecule has 1 N–H and O–H groups in total. The molecule has 3 atom stereocenters. The molecule has 1 aliphatic carbocycles. The highest BCUT2D eigenvalue weighted by atomic mass is 16.2. The van der Waals surface area contributed by atoms with E-state index in [-0.39, 0.29) is 18.1 Å². The van der Waals surface area contributed by atoms with Crippen molar-refractivity contribution >= 4 is 5.91 Å². The van der Waals surface area contributed by atoms with E-state index in [1.807, 2.05) is 18.2 Å². The second kappa shape index (κ2) is 5.57. The fourth-order valence-corrected chi connectivity index (χ4v) is 3.36. The van der Waals surface area contributed by atoms with E-state index >= 15 is 0 Å². The molecule has 3 unspecified atom stereocenters. The van der Waals surface area contributed by atoms with Crippen LogP contribution in [-0.4, -0.2) is 29.1 Å². The number of hydrogen-bond acceptors (Lipinski definition) is 2. The summed E-state index contributed by atoms with van der Waals surface area (Å²) in [4.78, 5) is 14.7. The van der Waals surface area contributed by atoms with Gasteiger partial charge in [-0.2, -0.15) is 0 Å². The van der Waals surface area contributed by atoms with Gasteiger partial charge in [0.2, 0.25) is 5.91 Å². The van der Waals surface area contributed by atoms with Gasteiger partial charge in [-0.15, -0.1) is 0 Å². The van der Waals surface area contributed by atoms with E-state index < -0.39 is 0 Å². The van der Waals surface area contributed by atoms with Gasteiger partial charge >= 0.3 is 0 Å². The van der Waals surface area contributed by atoms with Crippen molar-refractivity contribution in [1.82, 2.24) is 10.2 Å². The van der Waals surface area contributed by atoms with Gasteiger partial charge in [-0.25, -0.2) is 0 Å². The van der Waals surface area contributed by atoms with Crippen LogP contribution in [0.2, 0.25) is 0 Å². The molecule has 0 spiro atoms. The molecule has 1 aliphatic heterocycles. The summed E-state index contributed by atoms with van der Waals surface area (Å²) in [6, 6.07) is 10.6. The van der Waals surface area contributed by atoms with E-state index in [4.69, 9.17) is 0 Å². The Labute approximate surface area is 121 Å². The summed E-state index contributed by atoms with van der Waals surface area (Å²) in [6.07, 6.45) is 4.81. The molecule has 1 aromatic carbocycles. The van der Waals surface area contributed by atoms with E-state index in [1.165, 1.54) is 18.4 Å². The second-order valence-electron chi connectivity index (χ2n) is 6.36. The quantitative estimate of drug-likeness (QED) is 0.893. The molecule has 3 heteroatoms. The first-order chi connectivity index (χ1) is 9.65. The van der Waals surface area contributed by atoms with Crippen LogP contribution in [0.25, 0.3) is 0 Å². The summed E-state index contributed by atoms with van der Waals surface area (Å²) in [5.41, 5.74) is 1.22. The van der Waals surface area contributed by atoms with Crippen LogP contribution in [0.15, 0.2) is 30.3 Å². The number of carbonyl (C=O) groups excluding carboxylic acids is 1. The van der Waals surface area contributed by atoms with Crippen molar-refractivity contribution in [2.75, 3.05) is 0 Å². The van der Waals surface area contributed by atoms with Crippen molar-refractivity contribution in [1.29, 1.82) is 0 Å². The Balaban J connectivity index is 1.64. The van der Waals surface area contributed by atoms with Crippen molar-refractivity contribution in [2.24, 2.45) is 5.92 Å². The molecule has 1 saturated carbocycles. The fraction of sp³-hybridized carbons (Fsp3) is 0.588. The first kappa shape index (κ1) is 13.6. The fourth-order valence-electron chi connectivity index (χ4n) is 3.36. The summed E-state index contributed by atoms with van der Waals surface area (Å²) in [5.74, 6) is 1.13. The predicted octanol–water partition coefficient (Wildman–Crippen LogP) is 2.56. The number of benzene rings is 1. The van der Waals surface area contributed by atoms with Crippen molar-refractivity contribution in [2.45, 2.75) is 57.8 Å². The van der Waals surface area contributed by atoms with Gasteiger partial charge in [0.15, 0.2) is 0 Å². The highest BCUT2D eigenvalue weighted by Gasteiger charge is 2.40. The lowest BCUT2D eigenvalue weighted by Crippen LogP contribution is -2.41. The van der Waals surface area contributed by atoms with Gasteiger partial charge in [0.1, 0.15) is 0 Å². The molecule has 2 aliphatic rings. The molecule has 108 valence electrons. The van der Waals surface area contributed by atoms with Crippen LogP contribution in [0.4, 0.5) is 0 Å². The van der Waals surface area contributed by atoms with Gasteiger partial charge in [-0.3, -0.25) is 10.1 Å². The van der Waals surface area contributed by atoms with E-state index in [9.17, 15) is 4.79 Å². The highest BCUT2D eigenvalue weighted by molar-refractivity contribution is 5.84. The van der Waals surface area contributed by atoms with Crippen molar-refractivity contribution in [3.05, 3.63) is 35.9 Å². The number of carbonyl (C=O) groups is 1. The van der Waals surface area contributed by atoms with E-state index in [2.05, 4.69) is 36.2 Å². The van der Waals surface area contributed by atoms with Crippen LogP contribution >= 0.6 is 0 Å². The maximum atomic E-state index is 12.6. The number of hydrogen-bond donors (Lipinski definition) is 1. The third-order valence-electron chi connectivity index (χ3n) is 4.54. The maximum absolute atomic E-state index is 12.6. The van der Waals surface area contributed by atoms with Crippen molar-refractivity contribution in [3.63, 3.8) is 0 Å². The summed E-state index contributed by atoms with van der Waals surface area (Å²) in [5, 5.41) is 3.45. The third-order valence-corrected chi connectivity index (χ3v) is 4.54. The Morgan fingerprint density at radius 3 is 2.65 bits per heavy atom. The number of amides is 1. The topological polar surface area (TPSA) is 32.3 Å². The smallest absolute Gasteiger partial charge is 0.241 e. The molecule has 3 rings (SSSR count). The standard InChI is InChI=1S/C17H24N2O/c1-12(10-15-8-9-15)19-13(2)18-16(17(19)20)11-14-6-4-3-5-7-14/h3-7,12-13,15-16,18H,8-11H2,1-2H3. The van der Waals surface area contributed by atoms with E-state index in [1.54, 1.807) is 0 Å². The van der Waals surface area contributed by atoms with Gasteiger partial charge in [0.25, 0.3) is 0 Å². The summed E-state index contributed by atoms with van der Waals surface area (Å²) < 4.78 is 0. The molecule has 20 heavy (non-hydrogen) atoms. The Morgan fingerprint density at radius 1 is 1.30 bits per heavy atom. The SMILES string of the molecule is CC(CC1CC1)N1C(=O)C(Cc2ccccc2)NC1C. The van der Waals surface area contributed by atoms with Crippen LogP contribution in [0, 0.1) is 5.92 Å². The molecule has 0 aromatic heterocycles. The zero-order valence-corrected chi connectivity index (χ0v) is 12.4. The summed E-state index contributed by atoms with van der Waals surface area (Å²) in [7, 11) is 0. The number of nitrogens with zero attached hydrogens (tertiary/aromatic N) is 1. The van der Waals surface area contributed by atoms with Crippen LogP contribution in [0.3, 0.4) is 0 Å². The van der Waals surface area contributed by atoms with E-state index in [0.717, 1.165) is 18.8 Å². The average molecular weight is 272 g/mol. The minimum Gasteiger partial charge on any atom is -0.323 e. The van der Waals surface area contributed by atoms with Crippen molar-refractivity contribution < 1.29 is 4.79 Å². The summed E-state index contributed by atoms with van der Waals surface area (Å²) >= 11 is 0. The minimum atomic E-state index is -0.0611. The van der Waals surface area contributed by atoms with Crippen LogP contribution < -0.4 is 5.32 Å². The Bertz CT molecular complexity index is 469. The van der Waals surface area contributed by atoms with Gasteiger partial charge in [0, 0.05) is 6.04 Å². The van der Waals surface area contributed by atoms with Crippen molar-refractivity contribution in [3.8, 4) is 0 Å². The molecule has 1 aromatic rings. The Kier molecular flexibility index (Phi) is 3.79. The Morgan fingerprint density at radius 2 is 2.00 bits per heavy atom. The molecular formula is C17H24N2O. The normalized spacial score (nSPS) is 27.9. The monoisotopic (exact) mass is 272 g/mol. The molecule has 3 nitrogen and oxygen atoms in total. The lowest BCUT2D eigenvalue weighted by molar-refractivity contribution is -0.131. The largest absolute Gasteiger partial charge is 0.323 e.